The lowest BCUT2D eigenvalue weighted by Crippen LogP contribution is -2.54. The third-order valence-electron chi connectivity index (χ3n) is 4.88. The molecule has 0 aliphatic carbocycles. The molecule has 0 radical (unpaired) electrons. The van der Waals surface area contributed by atoms with E-state index < -0.39 is 17.8 Å². The van der Waals surface area contributed by atoms with Gasteiger partial charge in [0.25, 0.3) is 11.8 Å². The number of hydrogen-bond acceptors (Lipinski definition) is 6. The number of urea groups is 1. The van der Waals surface area contributed by atoms with Crippen molar-refractivity contribution in [3.05, 3.63) is 52.6 Å². The largest absolute Gasteiger partial charge is 0.496 e. The molecule has 8 nitrogen and oxygen atoms in total. The van der Waals surface area contributed by atoms with Gasteiger partial charge in [0.05, 0.1) is 12.8 Å². The van der Waals surface area contributed by atoms with E-state index >= 15 is 0 Å². The second kappa shape index (κ2) is 6.97. The number of rotatable bonds is 3. The minimum Gasteiger partial charge on any atom is -0.496 e. The van der Waals surface area contributed by atoms with Gasteiger partial charge in [-0.2, -0.15) is 0 Å². The molecule has 1 saturated heterocycles. The number of nitrogens with one attached hydrogen (secondary N) is 1. The van der Waals surface area contributed by atoms with Crippen molar-refractivity contribution in [3.8, 4) is 17.2 Å². The van der Waals surface area contributed by atoms with E-state index in [0.717, 1.165) is 16.0 Å². The summed E-state index contributed by atoms with van der Waals surface area (Å²) < 4.78 is 16.0. The van der Waals surface area contributed by atoms with Gasteiger partial charge in [-0.05, 0) is 49.2 Å². The third-order valence-corrected chi connectivity index (χ3v) is 4.88. The highest BCUT2D eigenvalue weighted by molar-refractivity contribution is 6.39. The molecular weight excluding hydrogens is 376 g/mol. The first-order valence-corrected chi connectivity index (χ1v) is 8.85. The van der Waals surface area contributed by atoms with Gasteiger partial charge in [-0.1, -0.05) is 6.07 Å². The molecule has 1 fully saturated rings. The molecule has 2 aliphatic rings. The summed E-state index contributed by atoms with van der Waals surface area (Å²) in [5, 5.41) is 2.21. The van der Waals surface area contributed by atoms with Gasteiger partial charge >= 0.3 is 6.03 Å². The molecule has 4 rings (SSSR count). The SMILES string of the molecule is COc1cc2c(cc1C=C1C(=O)NC(=O)N(c3ccc(C)c(C)c3)C1=O)OCO2. The first-order chi connectivity index (χ1) is 13.9. The number of ether oxygens (including phenoxy) is 3. The van der Waals surface area contributed by atoms with Crippen molar-refractivity contribution in [1.82, 2.24) is 5.32 Å². The normalized spacial score (nSPS) is 17.0. The molecule has 0 saturated carbocycles. The van der Waals surface area contributed by atoms with Crippen LogP contribution in [0.1, 0.15) is 16.7 Å². The molecule has 2 aromatic rings. The average molecular weight is 394 g/mol. The highest BCUT2D eigenvalue weighted by atomic mass is 16.7. The first kappa shape index (κ1) is 18.5. The van der Waals surface area contributed by atoms with Crippen LogP contribution in [0.4, 0.5) is 10.5 Å². The maximum absolute atomic E-state index is 13.1. The number of anilines is 1. The molecule has 148 valence electrons. The van der Waals surface area contributed by atoms with Crippen molar-refractivity contribution in [2.24, 2.45) is 0 Å². The van der Waals surface area contributed by atoms with E-state index in [2.05, 4.69) is 5.32 Å². The van der Waals surface area contributed by atoms with Crippen molar-refractivity contribution in [1.29, 1.82) is 0 Å². The van der Waals surface area contributed by atoms with Crippen LogP contribution in [0.5, 0.6) is 17.2 Å². The average Bonchev–Trinajstić information content (AvgIpc) is 3.14. The maximum Gasteiger partial charge on any atom is 0.335 e. The van der Waals surface area contributed by atoms with Gasteiger partial charge in [0, 0.05) is 11.6 Å². The molecule has 8 heteroatoms. The number of imide groups is 2. The molecular formula is C21H18N2O6. The smallest absolute Gasteiger partial charge is 0.335 e. The summed E-state index contributed by atoms with van der Waals surface area (Å²) in [4.78, 5) is 38.8. The van der Waals surface area contributed by atoms with E-state index in [9.17, 15) is 14.4 Å². The Hall–Kier alpha value is -3.81. The number of carbonyl (C=O) groups is 3. The van der Waals surface area contributed by atoms with Crippen LogP contribution < -0.4 is 24.4 Å². The van der Waals surface area contributed by atoms with Crippen LogP contribution in [0.2, 0.25) is 0 Å². The van der Waals surface area contributed by atoms with Crippen LogP contribution in [0, 0.1) is 13.8 Å². The van der Waals surface area contributed by atoms with E-state index in [1.165, 1.54) is 13.2 Å². The molecule has 4 amide bonds. The van der Waals surface area contributed by atoms with Crippen molar-refractivity contribution >= 4 is 29.6 Å². The lowest BCUT2D eigenvalue weighted by atomic mass is 10.0. The minimum absolute atomic E-state index is 0.0764. The number of methoxy groups -OCH3 is 1. The summed E-state index contributed by atoms with van der Waals surface area (Å²) in [6, 6.07) is 7.64. The Kier molecular flexibility index (Phi) is 4.46. The monoisotopic (exact) mass is 394 g/mol. The van der Waals surface area contributed by atoms with Gasteiger partial charge in [0.2, 0.25) is 6.79 Å². The molecule has 2 aromatic carbocycles. The summed E-state index contributed by atoms with van der Waals surface area (Å²) in [5.41, 5.74) is 2.58. The second-order valence-electron chi connectivity index (χ2n) is 6.67. The van der Waals surface area contributed by atoms with Gasteiger partial charge in [-0.3, -0.25) is 14.9 Å². The van der Waals surface area contributed by atoms with Gasteiger partial charge in [-0.15, -0.1) is 0 Å². The van der Waals surface area contributed by atoms with Gasteiger partial charge in [0.15, 0.2) is 11.5 Å². The minimum atomic E-state index is -0.793. The zero-order valence-corrected chi connectivity index (χ0v) is 16.1. The number of nitrogens with zero attached hydrogens (tertiary/aromatic N) is 1. The van der Waals surface area contributed by atoms with E-state index in [1.54, 1.807) is 24.3 Å². The molecule has 2 aliphatic heterocycles. The Balaban J connectivity index is 1.77. The lowest BCUT2D eigenvalue weighted by molar-refractivity contribution is -0.122. The molecule has 29 heavy (non-hydrogen) atoms. The topological polar surface area (TPSA) is 94.2 Å². The maximum atomic E-state index is 13.1. The Morgan fingerprint density at radius 3 is 2.45 bits per heavy atom. The highest BCUT2D eigenvalue weighted by Crippen LogP contribution is 2.39. The van der Waals surface area contributed by atoms with Crippen LogP contribution in [-0.2, 0) is 9.59 Å². The number of aryl methyl sites for hydroxylation is 2. The number of carbonyl (C=O) groups excluding carboxylic acids is 3. The van der Waals surface area contributed by atoms with Crippen LogP contribution in [-0.4, -0.2) is 31.7 Å². The summed E-state index contributed by atoms with van der Waals surface area (Å²) in [7, 11) is 1.47. The van der Waals surface area contributed by atoms with Crippen LogP contribution in [0.3, 0.4) is 0 Å². The fraction of sp³-hybridized carbons (Fsp3) is 0.190. The Morgan fingerprint density at radius 1 is 1.03 bits per heavy atom. The fourth-order valence-electron chi connectivity index (χ4n) is 3.14. The number of hydrogen-bond donors (Lipinski definition) is 1. The molecule has 0 unspecified atom stereocenters. The standard InChI is InChI=1S/C21H18N2O6/c1-11-4-5-14(6-12(11)2)23-20(25)15(19(24)22-21(23)26)7-13-8-17-18(29-10-28-17)9-16(13)27-3/h4-9H,10H2,1-3H3,(H,22,24,26). The van der Waals surface area contributed by atoms with Crippen molar-refractivity contribution in [2.75, 3.05) is 18.8 Å². The number of barbiturate groups is 1. The molecule has 0 aromatic heterocycles. The Bertz CT molecular complexity index is 1090. The van der Waals surface area contributed by atoms with E-state index in [1.807, 2.05) is 19.9 Å². The Morgan fingerprint density at radius 2 is 1.76 bits per heavy atom. The molecule has 2 heterocycles. The predicted octanol–water partition coefficient (Wildman–Crippen LogP) is 2.71. The van der Waals surface area contributed by atoms with E-state index in [0.29, 0.717) is 28.5 Å². The van der Waals surface area contributed by atoms with E-state index in [4.69, 9.17) is 14.2 Å². The summed E-state index contributed by atoms with van der Waals surface area (Å²) in [5.74, 6) is -0.114. The van der Waals surface area contributed by atoms with E-state index in [-0.39, 0.29) is 12.4 Å². The highest BCUT2D eigenvalue weighted by Gasteiger charge is 2.37. The summed E-state index contributed by atoms with van der Waals surface area (Å²) in [6.45, 7) is 3.88. The molecule has 0 atom stereocenters. The van der Waals surface area contributed by atoms with Gasteiger partial charge in [-0.25, -0.2) is 9.69 Å². The summed E-state index contributed by atoms with van der Waals surface area (Å²) in [6.07, 6.45) is 1.37. The quantitative estimate of drug-likeness (QED) is 0.635. The number of benzene rings is 2. The summed E-state index contributed by atoms with van der Waals surface area (Å²) >= 11 is 0. The predicted molar refractivity (Wildman–Crippen MR) is 104 cm³/mol. The fourth-order valence-corrected chi connectivity index (χ4v) is 3.14. The van der Waals surface area contributed by atoms with Crippen molar-refractivity contribution < 1.29 is 28.6 Å². The second-order valence-corrected chi connectivity index (χ2v) is 6.67. The number of fused-ring (bicyclic) bond motifs is 1. The van der Waals surface area contributed by atoms with Crippen LogP contribution in [0.25, 0.3) is 6.08 Å². The molecule has 1 N–H and O–H groups in total. The van der Waals surface area contributed by atoms with Crippen molar-refractivity contribution in [2.45, 2.75) is 13.8 Å². The van der Waals surface area contributed by atoms with Gasteiger partial charge < -0.3 is 14.2 Å². The zero-order valence-electron chi connectivity index (χ0n) is 16.1. The third kappa shape index (κ3) is 3.18. The van der Waals surface area contributed by atoms with Gasteiger partial charge in [0.1, 0.15) is 11.3 Å². The first-order valence-electron chi connectivity index (χ1n) is 8.85. The molecule has 0 bridgehead atoms. The molecule has 0 spiro atoms. The lowest BCUT2D eigenvalue weighted by Gasteiger charge is -2.27. The Labute approximate surface area is 166 Å². The zero-order chi connectivity index (χ0) is 20.7. The number of amides is 4. The van der Waals surface area contributed by atoms with Crippen molar-refractivity contribution in [3.63, 3.8) is 0 Å². The van der Waals surface area contributed by atoms with Crippen LogP contribution in [0.15, 0.2) is 35.9 Å². The van der Waals surface area contributed by atoms with Crippen LogP contribution >= 0.6 is 0 Å².